The molecule has 1 heterocycles. The van der Waals surface area contributed by atoms with Crippen LogP contribution < -0.4 is 0 Å². The van der Waals surface area contributed by atoms with Gasteiger partial charge in [0.1, 0.15) is 6.29 Å². The molecule has 1 rings (SSSR count). The molecule has 2 atom stereocenters. The Morgan fingerprint density at radius 2 is 2.27 bits per heavy atom. The van der Waals surface area contributed by atoms with Crippen molar-refractivity contribution in [2.24, 2.45) is 5.92 Å². The SMILES string of the molecule is CC1CCN(CC=O)C(C)C1. The smallest absolute Gasteiger partial charge is 0.133 e. The lowest BCUT2D eigenvalue weighted by Crippen LogP contribution is -2.41. The van der Waals surface area contributed by atoms with Crippen molar-refractivity contribution >= 4 is 6.29 Å². The number of aldehydes is 1. The maximum Gasteiger partial charge on any atom is 0.133 e. The van der Waals surface area contributed by atoms with Crippen LogP contribution in [0.1, 0.15) is 26.7 Å². The van der Waals surface area contributed by atoms with Crippen LogP contribution in [0.3, 0.4) is 0 Å². The van der Waals surface area contributed by atoms with Crippen LogP contribution in [0, 0.1) is 5.92 Å². The van der Waals surface area contributed by atoms with Gasteiger partial charge in [0, 0.05) is 6.04 Å². The third-order valence-corrected chi connectivity index (χ3v) is 2.58. The molecule has 0 spiro atoms. The first-order valence-corrected chi connectivity index (χ1v) is 4.41. The molecule has 0 N–H and O–H groups in total. The monoisotopic (exact) mass is 155 g/mol. The van der Waals surface area contributed by atoms with E-state index in [9.17, 15) is 4.79 Å². The van der Waals surface area contributed by atoms with E-state index >= 15 is 0 Å². The van der Waals surface area contributed by atoms with E-state index in [-0.39, 0.29) is 0 Å². The largest absolute Gasteiger partial charge is 0.302 e. The molecule has 1 fully saturated rings. The summed E-state index contributed by atoms with van der Waals surface area (Å²) in [6.07, 6.45) is 3.50. The molecule has 11 heavy (non-hydrogen) atoms. The third-order valence-electron chi connectivity index (χ3n) is 2.58. The predicted molar refractivity (Wildman–Crippen MR) is 45.5 cm³/mol. The maximum absolute atomic E-state index is 10.3. The summed E-state index contributed by atoms with van der Waals surface area (Å²) in [6, 6.07) is 0.601. The van der Waals surface area contributed by atoms with E-state index in [4.69, 9.17) is 0 Å². The summed E-state index contributed by atoms with van der Waals surface area (Å²) < 4.78 is 0. The standard InChI is InChI=1S/C9H17NO/c1-8-3-4-10(5-6-11)9(2)7-8/h6,8-9H,3-5,7H2,1-2H3. The second-order valence-electron chi connectivity index (χ2n) is 3.64. The summed E-state index contributed by atoms with van der Waals surface area (Å²) in [7, 11) is 0. The van der Waals surface area contributed by atoms with Crippen LogP contribution in [0.15, 0.2) is 0 Å². The van der Waals surface area contributed by atoms with Crippen LogP contribution in [0.2, 0.25) is 0 Å². The van der Waals surface area contributed by atoms with Crippen molar-refractivity contribution in [3.05, 3.63) is 0 Å². The van der Waals surface area contributed by atoms with E-state index in [1.54, 1.807) is 0 Å². The van der Waals surface area contributed by atoms with Gasteiger partial charge in [-0.25, -0.2) is 0 Å². The Morgan fingerprint density at radius 3 is 2.82 bits per heavy atom. The Bertz CT molecular complexity index is 136. The number of nitrogens with zero attached hydrogens (tertiary/aromatic N) is 1. The molecule has 0 aromatic heterocycles. The Hall–Kier alpha value is -0.370. The highest BCUT2D eigenvalue weighted by atomic mass is 16.1. The lowest BCUT2D eigenvalue weighted by molar-refractivity contribution is -0.109. The quantitative estimate of drug-likeness (QED) is 0.560. The Morgan fingerprint density at radius 1 is 1.55 bits per heavy atom. The molecule has 0 radical (unpaired) electrons. The summed E-state index contributed by atoms with van der Waals surface area (Å²) in [4.78, 5) is 12.5. The van der Waals surface area contributed by atoms with Crippen LogP contribution in [0.4, 0.5) is 0 Å². The van der Waals surface area contributed by atoms with Gasteiger partial charge in [-0.15, -0.1) is 0 Å². The summed E-state index contributed by atoms with van der Waals surface area (Å²) >= 11 is 0. The first kappa shape index (κ1) is 8.72. The number of likely N-dealkylation sites (tertiary alicyclic amines) is 1. The fourth-order valence-corrected chi connectivity index (χ4v) is 1.82. The fraction of sp³-hybridized carbons (Fsp3) is 0.889. The molecule has 0 aromatic rings. The minimum Gasteiger partial charge on any atom is -0.302 e. The summed E-state index contributed by atoms with van der Waals surface area (Å²) in [6.45, 7) is 6.21. The molecule has 1 saturated heterocycles. The van der Waals surface area contributed by atoms with Gasteiger partial charge in [-0.1, -0.05) is 6.92 Å². The zero-order valence-electron chi connectivity index (χ0n) is 7.42. The van der Waals surface area contributed by atoms with Gasteiger partial charge in [0.05, 0.1) is 6.54 Å². The highest BCUT2D eigenvalue weighted by molar-refractivity contribution is 5.52. The third kappa shape index (κ3) is 2.29. The molecule has 2 unspecified atom stereocenters. The molecule has 0 bridgehead atoms. The Labute approximate surface area is 68.6 Å². The van der Waals surface area contributed by atoms with Gasteiger partial charge in [-0.05, 0) is 32.2 Å². The Kier molecular flexibility index (Phi) is 3.06. The average molecular weight is 155 g/mol. The average Bonchev–Trinajstić information content (AvgIpc) is 1.95. The van der Waals surface area contributed by atoms with Crippen molar-refractivity contribution in [3.8, 4) is 0 Å². The molecule has 0 aliphatic carbocycles. The Balaban J connectivity index is 2.37. The van der Waals surface area contributed by atoms with Crippen molar-refractivity contribution in [2.75, 3.05) is 13.1 Å². The van der Waals surface area contributed by atoms with E-state index < -0.39 is 0 Å². The molecule has 0 saturated carbocycles. The minimum absolute atomic E-state index is 0.601. The second-order valence-corrected chi connectivity index (χ2v) is 3.64. The number of hydrogen-bond donors (Lipinski definition) is 0. The molecule has 2 heteroatoms. The van der Waals surface area contributed by atoms with Crippen LogP contribution in [-0.2, 0) is 4.79 Å². The van der Waals surface area contributed by atoms with Crippen LogP contribution in [0.5, 0.6) is 0 Å². The van der Waals surface area contributed by atoms with Crippen molar-refractivity contribution in [2.45, 2.75) is 32.7 Å². The van der Waals surface area contributed by atoms with Crippen LogP contribution >= 0.6 is 0 Å². The van der Waals surface area contributed by atoms with Gasteiger partial charge in [-0.2, -0.15) is 0 Å². The van der Waals surface area contributed by atoms with Gasteiger partial charge in [-0.3, -0.25) is 4.90 Å². The number of piperidine rings is 1. The van der Waals surface area contributed by atoms with Crippen LogP contribution in [-0.4, -0.2) is 30.3 Å². The van der Waals surface area contributed by atoms with E-state index in [0.717, 1.165) is 18.7 Å². The lowest BCUT2D eigenvalue weighted by atomic mass is 9.93. The van der Waals surface area contributed by atoms with Crippen molar-refractivity contribution in [3.63, 3.8) is 0 Å². The maximum atomic E-state index is 10.3. The first-order chi connectivity index (χ1) is 5.24. The van der Waals surface area contributed by atoms with Gasteiger partial charge in [0.15, 0.2) is 0 Å². The van der Waals surface area contributed by atoms with E-state index in [0.29, 0.717) is 12.6 Å². The van der Waals surface area contributed by atoms with Gasteiger partial charge in [0.25, 0.3) is 0 Å². The number of carbonyl (C=O) groups is 1. The van der Waals surface area contributed by atoms with E-state index in [2.05, 4.69) is 18.7 Å². The predicted octanol–water partition coefficient (Wildman–Crippen LogP) is 1.31. The molecule has 0 amide bonds. The van der Waals surface area contributed by atoms with Crippen molar-refractivity contribution in [1.82, 2.24) is 4.90 Å². The zero-order chi connectivity index (χ0) is 8.27. The lowest BCUT2D eigenvalue weighted by Gasteiger charge is -2.35. The topological polar surface area (TPSA) is 20.3 Å². The van der Waals surface area contributed by atoms with Crippen molar-refractivity contribution in [1.29, 1.82) is 0 Å². The summed E-state index contributed by atoms with van der Waals surface area (Å²) in [5, 5.41) is 0. The van der Waals surface area contributed by atoms with E-state index in [1.165, 1.54) is 12.8 Å². The number of carbonyl (C=O) groups excluding carboxylic acids is 1. The molecule has 2 nitrogen and oxygen atoms in total. The minimum atomic E-state index is 0.601. The first-order valence-electron chi connectivity index (χ1n) is 4.41. The molecular weight excluding hydrogens is 138 g/mol. The second kappa shape index (κ2) is 3.86. The zero-order valence-corrected chi connectivity index (χ0v) is 7.42. The van der Waals surface area contributed by atoms with Gasteiger partial charge >= 0.3 is 0 Å². The van der Waals surface area contributed by atoms with Crippen molar-refractivity contribution < 1.29 is 4.79 Å². The summed E-state index contributed by atoms with van der Waals surface area (Å²) in [5.41, 5.74) is 0. The highest BCUT2D eigenvalue weighted by Gasteiger charge is 2.21. The normalized spacial score (nSPS) is 33.6. The number of hydrogen-bond acceptors (Lipinski definition) is 2. The number of rotatable bonds is 2. The molecular formula is C9H17NO. The summed E-state index contributed by atoms with van der Waals surface area (Å²) in [5.74, 6) is 0.841. The fourth-order valence-electron chi connectivity index (χ4n) is 1.82. The molecule has 0 aromatic carbocycles. The van der Waals surface area contributed by atoms with Crippen LogP contribution in [0.25, 0.3) is 0 Å². The molecule has 1 aliphatic heterocycles. The molecule has 64 valence electrons. The highest BCUT2D eigenvalue weighted by Crippen LogP contribution is 2.20. The van der Waals surface area contributed by atoms with Gasteiger partial charge < -0.3 is 4.79 Å². The molecule has 1 aliphatic rings. The van der Waals surface area contributed by atoms with Gasteiger partial charge in [0.2, 0.25) is 0 Å². The van der Waals surface area contributed by atoms with E-state index in [1.807, 2.05) is 0 Å².